The lowest BCUT2D eigenvalue weighted by molar-refractivity contribution is -0.121. The van der Waals surface area contributed by atoms with E-state index in [-0.39, 0.29) is 23.8 Å². The van der Waals surface area contributed by atoms with Crippen LogP contribution in [0.15, 0.2) is 41.3 Å². The number of amides is 2. The summed E-state index contributed by atoms with van der Waals surface area (Å²) in [5, 5.41) is 2.62. The lowest BCUT2D eigenvalue weighted by atomic mass is 9.86. The van der Waals surface area contributed by atoms with Crippen LogP contribution in [0.5, 0.6) is 5.75 Å². The van der Waals surface area contributed by atoms with Gasteiger partial charge in [-0.05, 0) is 75.0 Å². The molecule has 2 heterocycles. The summed E-state index contributed by atoms with van der Waals surface area (Å²) in [6, 6.07) is 12.0. The van der Waals surface area contributed by atoms with Crippen LogP contribution in [0.25, 0.3) is 6.08 Å². The van der Waals surface area contributed by atoms with Crippen molar-refractivity contribution in [2.45, 2.75) is 32.7 Å². The van der Waals surface area contributed by atoms with Crippen molar-refractivity contribution in [2.24, 2.45) is 0 Å². The molecule has 0 spiro atoms. The highest BCUT2D eigenvalue weighted by Gasteiger charge is 2.27. The van der Waals surface area contributed by atoms with Crippen LogP contribution in [-0.2, 0) is 21.5 Å². The minimum absolute atomic E-state index is 0.00994. The number of carbonyl (C=O) groups is 2. The molecule has 0 radical (unpaired) electrons. The van der Waals surface area contributed by atoms with Crippen molar-refractivity contribution in [1.82, 2.24) is 5.32 Å². The number of hydrogen-bond acceptors (Lipinski definition) is 5. The van der Waals surface area contributed by atoms with E-state index in [1.807, 2.05) is 18.2 Å². The molecular formula is C23H21IN2O3S2. The first kappa shape index (κ1) is 22.3. The maximum Gasteiger partial charge on any atom is 0.265 e. The number of anilines is 1. The molecule has 0 bridgehead atoms. The fraction of sp³-hybridized carbons (Fsp3) is 0.261. The lowest BCUT2D eigenvalue weighted by Gasteiger charge is -2.30. The molecule has 1 saturated heterocycles. The first-order chi connectivity index (χ1) is 14.6. The molecule has 0 saturated carbocycles. The minimum Gasteiger partial charge on any atom is -0.482 e. The van der Waals surface area contributed by atoms with E-state index < -0.39 is 0 Å². The maximum atomic E-state index is 12.8. The summed E-state index contributed by atoms with van der Waals surface area (Å²) >= 11 is 8.61. The molecule has 4 rings (SSSR count). The van der Waals surface area contributed by atoms with Crippen molar-refractivity contribution >= 4 is 74.5 Å². The highest BCUT2D eigenvalue weighted by molar-refractivity contribution is 14.1. The normalized spacial score (nSPS) is 17.6. The van der Waals surface area contributed by atoms with Gasteiger partial charge in [-0.1, -0.05) is 56.9 Å². The molecule has 8 heteroatoms. The number of ether oxygens (including phenoxy) is 1. The standard InChI is InChI=1S/C23H21IN2O3S2/c1-23(2,3)15-6-14(7-16(24)10-15)11-26-17-8-13(4-5-18(17)29-12-20(26)27)9-19-21(28)25-22(30)31-19/h4-10H,11-12H2,1-3H3,(H,25,28,30)/b19-9+. The largest absolute Gasteiger partial charge is 0.482 e. The molecule has 1 N–H and O–H groups in total. The molecular weight excluding hydrogens is 543 g/mol. The van der Waals surface area contributed by atoms with E-state index in [1.54, 1.807) is 11.0 Å². The van der Waals surface area contributed by atoms with Crippen LogP contribution in [0, 0.1) is 3.57 Å². The first-order valence-corrected chi connectivity index (χ1v) is 12.0. The van der Waals surface area contributed by atoms with Gasteiger partial charge in [0.2, 0.25) is 0 Å². The third-order valence-corrected chi connectivity index (χ3v) is 6.82. The Morgan fingerprint density at radius 1 is 1.23 bits per heavy atom. The van der Waals surface area contributed by atoms with Crippen LogP contribution in [0.4, 0.5) is 5.69 Å². The van der Waals surface area contributed by atoms with Gasteiger partial charge in [-0.3, -0.25) is 9.59 Å². The molecule has 0 aliphatic carbocycles. The Kier molecular flexibility index (Phi) is 6.15. The molecule has 5 nitrogen and oxygen atoms in total. The Bertz CT molecular complexity index is 1140. The summed E-state index contributed by atoms with van der Waals surface area (Å²) in [6.45, 7) is 7.00. The van der Waals surface area contributed by atoms with E-state index in [2.05, 4.69) is 66.9 Å². The van der Waals surface area contributed by atoms with E-state index in [4.69, 9.17) is 17.0 Å². The predicted molar refractivity (Wildman–Crippen MR) is 137 cm³/mol. The third kappa shape index (κ3) is 4.96. The van der Waals surface area contributed by atoms with Crippen LogP contribution in [0.1, 0.15) is 37.5 Å². The summed E-state index contributed by atoms with van der Waals surface area (Å²) in [6.07, 6.45) is 1.78. The Hall–Kier alpha value is -1.91. The summed E-state index contributed by atoms with van der Waals surface area (Å²) in [7, 11) is 0. The number of nitrogens with one attached hydrogen (secondary N) is 1. The molecule has 0 atom stereocenters. The molecule has 2 aromatic rings. The summed E-state index contributed by atoms with van der Waals surface area (Å²) in [4.78, 5) is 27.1. The van der Waals surface area contributed by atoms with Gasteiger partial charge in [-0.2, -0.15) is 0 Å². The van der Waals surface area contributed by atoms with E-state index in [0.29, 0.717) is 27.2 Å². The number of thioether (sulfide) groups is 1. The fourth-order valence-corrected chi connectivity index (χ4v) is 5.19. The molecule has 2 amide bonds. The van der Waals surface area contributed by atoms with Gasteiger partial charge in [0.25, 0.3) is 11.8 Å². The number of hydrogen-bond donors (Lipinski definition) is 1. The zero-order valence-electron chi connectivity index (χ0n) is 17.3. The predicted octanol–water partition coefficient (Wildman–Crippen LogP) is 5.00. The number of halogens is 1. The Balaban J connectivity index is 1.69. The number of benzene rings is 2. The van der Waals surface area contributed by atoms with Gasteiger partial charge in [0.1, 0.15) is 10.1 Å². The molecule has 0 aromatic heterocycles. The second-order valence-corrected chi connectivity index (χ2v) is 11.4. The summed E-state index contributed by atoms with van der Waals surface area (Å²) < 4.78 is 7.24. The van der Waals surface area contributed by atoms with Crippen LogP contribution in [0.3, 0.4) is 0 Å². The van der Waals surface area contributed by atoms with Gasteiger partial charge < -0.3 is 15.0 Å². The van der Waals surface area contributed by atoms with E-state index >= 15 is 0 Å². The fourth-order valence-electron chi connectivity index (χ4n) is 3.41. The van der Waals surface area contributed by atoms with E-state index in [0.717, 1.165) is 14.7 Å². The highest BCUT2D eigenvalue weighted by Crippen LogP contribution is 2.36. The van der Waals surface area contributed by atoms with E-state index in [1.165, 1.54) is 17.3 Å². The van der Waals surface area contributed by atoms with Crippen molar-refractivity contribution in [2.75, 3.05) is 11.5 Å². The van der Waals surface area contributed by atoms with Crippen molar-refractivity contribution in [3.8, 4) is 5.75 Å². The van der Waals surface area contributed by atoms with Crippen LogP contribution in [-0.4, -0.2) is 22.7 Å². The van der Waals surface area contributed by atoms with Crippen molar-refractivity contribution < 1.29 is 14.3 Å². The smallest absolute Gasteiger partial charge is 0.265 e. The van der Waals surface area contributed by atoms with Crippen molar-refractivity contribution in [3.63, 3.8) is 0 Å². The van der Waals surface area contributed by atoms with Crippen LogP contribution >= 0.6 is 46.6 Å². The lowest BCUT2D eigenvalue weighted by Crippen LogP contribution is -2.38. The van der Waals surface area contributed by atoms with Gasteiger partial charge in [-0.25, -0.2) is 0 Å². The van der Waals surface area contributed by atoms with Gasteiger partial charge in [0.05, 0.1) is 17.1 Å². The third-order valence-electron chi connectivity index (χ3n) is 5.03. The minimum atomic E-state index is -0.203. The molecule has 0 unspecified atom stereocenters. The Labute approximate surface area is 204 Å². The van der Waals surface area contributed by atoms with Crippen molar-refractivity contribution in [1.29, 1.82) is 0 Å². The average molecular weight is 564 g/mol. The summed E-state index contributed by atoms with van der Waals surface area (Å²) in [5.41, 5.74) is 3.82. The van der Waals surface area contributed by atoms with Gasteiger partial charge in [-0.15, -0.1) is 0 Å². The van der Waals surface area contributed by atoms with Crippen molar-refractivity contribution in [3.05, 3.63) is 61.6 Å². The number of carbonyl (C=O) groups excluding carboxylic acids is 2. The first-order valence-electron chi connectivity index (χ1n) is 9.72. The number of fused-ring (bicyclic) bond motifs is 1. The highest BCUT2D eigenvalue weighted by atomic mass is 127. The van der Waals surface area contributed by atoms with E-state index in [9.17, 15) is 9.59 Å². The zero-order chi connectivity index (χ0) is 22.3. The molecule has 2 aromatic carbocycles. The second kappa shape index (κ2) is 8.55. The SMILES string of the molecule is CC(C)(C)c1cc(I)cc(CN2C(=O)COc3ccc(/C=C4/SC(=S)NC4=O)cc32)c1. The average Bonchev–Trinajstić information content (AvgIpc) is 3.00. The summed E-state index contributed by atoms with van der Waals surface area (Å²) in [5.74, 6) is 0.357. The maximum absolute atomic E-state index is 12.8. The zero-order valence-corrected chi connectivity index (χ0v) is 21.1. The molecule has 2 aliphatic heterocycles. The molecule has 160 valence electrons. The van der Waals surface area contributed by atoms with Crippen LogP contribution < -0.4 is 15.0 Å². The Morgan fingerprint density at radius 3 is 2.68 bits per heavy atom. The number of nitrogens with zero attached hydrogens (tertiary/aromatic N) is 1. The van der Waals surface area contributed by atoms with Gasteiger partial charge >= 0.3 is 0 Å². The Morgan fingerprint density at radius 2 is 2.00 bits per heavy atom. The topological polar surface area (TPSA) is 58.6 Å². The number of rotatable bonds is 3. The van der Waals surface area contributed by atoms with Gasteiger partial charge in [0, 0.05) is 3.57 Å². The monoisotopic (exact) mass is 564 g/mol. The van der Waals surface area contributed by atoms with Crippen LogP contribution in [0.2, 0.25) is 0 Å². The van der Waals surface area contributed by atoms with Gasteiger partial charge in [0.15, 0.2) is 6.61 Å². The molecule has 2 aliphatic rings. The molecule has 31 heavy (non-hydrogen) atoms. The second-order valence-electron chi connectivity index (χ2n) is 8.45. The molecule has 1 fully saturated rings. The quantitative estimate of drug-likeness (QED) is 0.323. The number of thiocarbonyl (C=S) groups is 1.